The minimum atomic E-state index is 0.239. The quantitative estimate of drug-likeness (QED) is 0.475. The van der Waals surface area contributed by atoms with Crippen molar-refractivity contribution in [2.24, 2.45) is 0 Å². The summed E-state index contributed by atoms with van der Waals surface area (Å²) in [4.78, 5) is 10.3. The lowest BCUT2D eigenvalue weighted by atomic mass is 10.1. The van der Waals surface area contributed by atoms with E-state index in [-0.39, 0.29) is 5.75 Å². The summed E-state index contributed by atoms with van der Waals surface area (Å²) >= 11 is 0. The molecule has 2 nitrogen and oxygen atoms in total. The molecule has 1 aromatic carbocycles. The number of aromatic hydroxyl groups is 1. The van der Waals surface area contributed by atoms with Gasteiger partial charge in [0.05, 0.1) is 0 Å². The van der Waals surface area contributed by atoms with E-state index in [2.05, 4.69) is 13.2 Å². The molecule has 1 N–H and O–H groups in total. The van der Waals surface area contributed by atoms with Gasteiger partial charge in [0, 0.05) is 5.57 Å². The van der Waals surface area contributed by atoms with Gasteiger partial charge < -0.3 is 5.11 Å². The molecule has 1 aromatic rings. The Labute approximate surface area is 101 Å². The molecule has 0 spiro atoms. The summed E-state index contributed by atoms with van der Waals surface area (Å²) in [6.07, 6.45) is 7.70. The molecule has 0 aromatic heterocycles. The molecule has 0 fully saturated rings. The first-order chi connectivity index (χ1) is 8.11. The van der Waals surface area contributed by atoms with Crippen molar-refractivity contribution >= 4 is 12.4 Å². The SMILES string of the molecule is C=C(C=O)/C=C\C(=C)C=Cc1ccc(O)cc1. The minimum absolute atomic E-state index is 0.239. The number of carbonyl (C=O) groups is 1. The molecule has 0 heterocycles. The molecular weight excluding hydrogens is 212 g/mol. The average molecular weight is 226 g/mol. The van der Waals surface area contributed by atoms with Crippen molar-refractivity contribution in [3.63, 3.8) is 0 Å². The lowest BCUT2D eigenvalue weighted by molar-refractivity contribution is -0.104. The smallest absolute Gasteiger partial charge is 0.149 e. The molecule has 0 amide bonds. The summed E-state index contributed by atoms with van der Waals surface area (Å²) < 4.78 is 0. The van der Waals surface area contributed by atoms with Crippen LogP contribution in [0.2, 0.25) is 0 Å². The summed E-state index contributed by atoms with van der Waals surface area (Å²) in [6.45, 7) is 7.34. The number of phenols is 1. The number of hydrogen-bond acceptors (Lipinski definition) is 2. The van der Waals surface area contributed by atoms with E-state index in [0.29, 0.717) is 11.9 Å². The van der Waals surface area contributed by atoms with Gasteiger partial charge in [0.25, 0.3) is 0 Å². The second-order valence-corrected chi connectivity index (χ2v) is 3.53. The van der Waals surface area contributed by atoms with Gasteiger partial charge in [0.2, 0.25) is 0 Å². The highest BCUT2D eigenvalue weighted by atomic mass is 16.3. The first kappa shape index (κ1) is 12.7. The van der Waals surface area contributed by atoms with Crippen LogP contribution in [0.5, 0.6) is 5.75 Å². The van der Waals surface area contributed by atoms with Crippen LogP contribution in [0, 0.1) is 0 Å². The lowest BCUT2D eigenvalue weighted by Crippen LogP contribution is -1.75. The van der Waals surface area contributed by atoms with E-state index in [1.165, 1.54) is 0 Å². The van der Waals surface area contributed by atoms with Crippen molar-refractivity contribution in [2.75, 3.05) is 0 Å². The number of carbonyl (C=O) groups excluding carboxylic acids is 1. The van der Waals surface area contributed by atoms with Crippen molar-refractivity contribution in [2.45, 2.75) is 0 Å². The van der Waals surface area contributed by atoms with Crippen LogP contribution in [-0.2, 0) is 4.79 Å². The Bertz CT molecular complexity index is 476. The topological polar surface area (TPSA) is 37.3 Å². The van der Waals surface area contributed by atoms with E-state index in [4.69, 9.17) is 5.11 Å². The van der Waals surface area contributed by atoms with Crippen molar-refractivity contribution < 1.29 is 9.90 Å². The van der Waals surface area contributed by atoms with Gasteiger partial charge in [0.15, 0.2) is 0 Å². The predicted octanol–water partition coefficient (Wildman–Crippen LogP) is 3.27. The predicted molar refractivity (Wildman–Crippen MR) is 70.6 cm³/mol. The zero-order valence-corrected chi connectivity index (χ0v) is 9.47. The fraction of sp³-hybridized carbons (Fsp3) is 0. The Balaban J connectivity index is 2.62. The molecule has 0 aliphatic carbocycles. The number of hydrogen-bond donors (Lipinski definition) is 1. The molecule has 0 saturated carbocycles. The van der Waals surface area contributed by atoms with Gasteiger partial charge in [0.1, 0.15) is 12.0 Å². The molecule has 0 unspecified atom stereocenters. The van der Waals surface area contributed by atoms with Gasteiger partial charge in [-0.3, -0.25) is 4.79 Å². The molecule has 0 aliphatic rings. The van der Waals surface area contributed by atoms with Gasteiger partial charge in [-0.2, -0.15) is 0 Å². The third-order valence-electron chi connectivity index (χ3n) is 2.05. The Morgan fingerprint density at radius 3 is 2.18 bits per heavy atom. The average Bonchev–Trinajstić information content (AvgIpc) is 2.35. The van der Waals surface area contributed by atoms with Crippen LogP contribution in [0.3, 0.4) is 0 Å². The number of phenolic OH excluding ortho intramolecular Hbond substituents is 1. The largest absolute Gasteiger partial charge is 0.508 e. The molecule has 0 bridgehead atoms. The standard InChI is InChI=1S/C15H14O2/c1-12(3-4-13(2)11-16)5-6-14-7-9-15(17)10-8-14/h3-11,17H,1-2H2/b4-3-,6-5?. The Kier molecular flexibility index (Phi) is 4.70. The second-order valence-electron chi connectivity index (χ2n) is 3.53. The van der Waals surface area contributed by atoms with Gasteiger partial charge in [-0.05, 0) is 23.3 Å². The summed E-state index contributed by atoms with van der Waals surface area (Å²) in [7, 11) is 0. The van der Waals surface area contributed by atoms with E-state index >= 15 is 0 Å². The van der Waals surface area contributed by atoms with Crippen LogP contribution in [0.4, 0.5) is 0 Å². The maximum Gasteiger partial charge on any atom is 0.149 e. The molecule has 17 heavy (non-hydrogen) atoms. The monoisotopic (exact) mass is 226 g/mol. The van der Waals surface area contributed by atoms with E-state index in [1.807, 2.05) is 12.2 Å². The third kappa shape index (κ3) is 4.80. The second kappa shape index (κ2) is 6.28. The van der Waals surface area contributed by atoms with Crippen LogP contribution in [-0.4, -0.2) is 11.4 Å². The third-order valence-corrected chi connectivity index (χ3v) is 2.05. The van der Waals surface area contributed by atoms with Crippen LogP contribution in [0.1, 0.15) is 5.56 Å². The summed E-state index contributed by atoms with van der Waals surface area (Å²) in [6, 6.07) is 6.83. The molecule has 2 heteroatoms. The van der Waals surface area contributed by atoms with Crippen molar-refractivity contribution in [3.05, 3.63) is 72.4 Å². The number of benzene rings is 1. The molecule has 0 saturated heterocycles. The van der Waals surface area contributed by atoms with Gasteiger partial charge in [-0.1, -0.05) is 49.6 Å². The Hall–Kier alpha value is -2.35. The Morgan fingerprint density at radius 1 is 1.00 bits per heavy atom. The highest BCUT2D eigenvalue weighted by molar-refractivity contribution is 5.76. The van der Waals surface area contributed by atoms with E-state index < -0.39 is 0 Å². The van der Waals surface area contributed by atoms with Gasteiger partial charge in [-0.25, -0.2) is 0 Å². The maximum absolute atomic E-state index is 10.3. The number of allylic oxidation sites excluding steroid dienone is 5. The number of aldehydes is 1. The summed E-state index contributed by atoms with van der Waals surface area (Å²) in [5.41, 5.74) is 2.14. The molecule has 0 atom stereocenters. The lowest BCUT2D eigenvalue weighted by Gasteiger charge is -1.94. The van der Waals surface area contributed by atoms with Crippen LogP contribution in [0.25, 0.3) is 6.08 Å². The van der Waals surface area contributed by atoms with Crippen LogP contribution >= 0.6 is 0 Å². The Morgan fingerprint density at radius 2 is 1.59 bits per heavy atom. The van der Waals surface area contributed by atoms with Crippen LogP contribution in [0.15, 0.2) is 66.8 Å². The zero-order valence-electron chi connectivity index (χ0n) is 9.47. The molecular formula is C15H14O2. The number of rotatable bonds is 5. The van der Waals surface area contributed by atoms with Gasteiger partial charge in [-0.15, -0.1) is 0 Å². The van der Waals surface area contributed by atoms with E-state index in [9.17, 15) is 4.79 Å². The molecule has 1 rings (SSSR count). The van der Waals surface area contributed by atoms with E-state index in [1.54, 1.807) is 36.4 Å². The first-order valence-corrected chi connectivity index (χ1v) is 5.10. The van der Waals surface area contributed by atoms with E-state index in [0.717, 1.165) is 11.1 Å². The molecule has 0 aliphatic heterocycles. The highest BCUT2D eigenvalue weighted by Gasteiger charge is 1.88. The normalized spacial score (nSPS) is 10.8. The maximum atomic E-state index is 10.3. The van der Waals surface area contributed by atoms with Crippen molar-refractivity contribution in [3.8, 4) is 5.75 Å². The fourth-order valence-electron chi connectivity index (χ4n) is 1.10. The summed E-state index contributed by atoms with van der Waals surface area (Å²) in [5, 5.41) is 9.11. The summed E-state index contributed by atoms with van der Waals surface area (Å²) in [5.74, 6) is 0.239. The molecule has 86 valence electrons. The zero-order chi connectivity index (χ0) is 12.7. The molecule has 0 radical (unpaired) electrons. The highest BCUT2D eigenvalue weighted by Crippen LogP contribution is 2.11. The van der Waals surface area contributed by atoms with Gasteiger partial charge >= 0.3 is 0 Å². The van der Waals surface area contributed by atoms with Crippen molar-refractivity contribution in [1.29, 1.82) is 0 Å². The van der Waals surface area contributed by atoms with Crippen molar-refractivity contribution in [1.82, 2.24) is 0 Å². The fourth-order valence-corrected chi connectivity index (χ4v) is 1.10. The minimum Gasteiger partial charge on any atom is -0.508 e. The first-order valence-electron chi connectivity index (χ1n) is 5.10. The van der Waals surface area contributed by atoms with Crippen LogP contribution < -0.4 is 0 Å².